The van der Waals surface area contributed by atoms with Crippen LogP contribution in [0.3, 0.4) is 0 Å². The van der Waals surface area contributed by atoms with E-state index in [1.54, 1.807) is 0 Å². The highest BCUT2D eigenvalue weighted by molar-refractivity contribution is 14.0. The molecule has 3 rings (SSSR count). The summed E-state index contributed by atoms with van der Waals surface area (Å²) in [5.74, 6) is 0. The van der Waals surface area contributed by atoms with Gasteiger partial charge in [0, 0.05) is 0 Å². The molecule has 0 saturated heterocycles. The normalized spacial score (nSPS) is 10.8. The number of hydrogen-bond donors (Lipinski definition) is 0. The molecule has 0 heterocycles. The SMILES string of the molecule is CCCCCCCCOS(=O)(=O)[O-].I.c1ccc([S+](c2ccccc2)c2ccccc2)cc1. The third kappa shape index (κ3) is 12.6. The molecule has 7 heteroatoms. The summed E-state index contributed by atoms with van der Waals surface area (Å²) < 4.78 is 34.0. The van der Waals surface area contributed by atoms with E-state index in [4.69, 9.17) is 0 Å². The molecule has 4 nitrogen and oxygen atoms in total. The summed E-state index contributed by atoms with van der Waals surface area (Å²) in [4.78, 5) is 4.08. The quantitative estimate of drug-likeness (QED) is 0.0766. The molecule has 0 atom stereocenters. The van der Waals surface area contributed by atoms with E-state index >= 15 is 0 Å². The van der Waals surface area contributed by atoms with E-state index in [0.29, 0.717) is 6.42 Å². The molecule has 3 aromatic carbocycles. The van der Waals surface area contributed by atoms with Crippen LogP contribution in [0, 0.1) is 0 Å². The second-order valence-electron chi connectivity index (χ2n) is 7.24. The van der Waals surface area contributed by atoms with Crippen LogP contribution in [0.4, 0.5) is 0 Å². The molecule has 180 valence electrons. The van der Waals surface area contributed by atoms with Crippen molar-refractivity contribution in [2.24, 2.45) is 0 Å². The molecule has 0 bridgehead atoms. The smallest absolute Gasteiger partial charge is 0.217 e. The number of halogens is 1. The van der Waals surface area contributed by atoms with Gasteiger partial charge in [-0.15, -0.1) is 24.0 Å². The molecule has 0 fully saturated rings. The van der Waals surface area contributed by atoms with Crippen LogP contribution in [0.2, 0.25) is 0 Å². The molecule has 0 radical (unpaired) electrons. The number of unbranched alkanes of at least 4 members (excludes halogenated alkanes) is 5. The Hall–Kier alpha value is -1.39. The number of benzene rings is 3. The van der Waals surface area contributed by atoms with Crippen LogP contribution in [-0.4, -0.2) is 19.6 Å². The lowest BCUT2D eigenvalue weighted by Crippen LogP contribution is -2.05. The van der Waals surface area contributed by atoms with Gasteiger partial charge in [-0.25, -0.2) is 8.42 Å². The molecule has 0 unspecified atom stereocenters. The van der Waals surface area contributed by atoms with Crippen LogP contribution in [-0.2, 0) is 25.5 Å². The molecule has 0 N–H and O–H groups in total. The van der Waals surface area contributed by atoms with Crippen LogP contribution in [0.1, 0.15) is 45.4 Å². The van der Waals surface area contributed by atoms with Crippen molar-refractivity contribution in [1.82, 2.24) is 0 Å². The first-order chi connectivity index (χ1) is 15.5. The Kier molecular flexibility index (Phi) is 15.4. The fourth-order valence-electron chi connectivity index (χ4n) is 3.12. The van der Waals surface area contributed by atoms with Gasteiger partial charge in [0.2, 0.25) is 10.4 Å². The highest BCUT2D eigenvalue weighted by Gasteiger charge is 2.27. The fourth-order valence-corrected chi connectivity index (χ4v) is 5.55. The summed E-state index contributed by atoms with van der Waals surface area (Å²) in [6.07, 6.45) is 6.21. The molecule has 0 spiro atoms. The first-order valence-corrected chi connectivity index (χ1v) is 13.6. The van der Waals surface area contributed by atoms with Crippen LogP contribution in [0.25, 0.3) is 0 Å². The molecule has 3 aromatic rings. The molecular formula is C26H33IO4S2. The van der Waals surface area contributed by atoms with Crippen molar-refractivity contribution in [3.63, 3.8) is 0 Å². The molecule has 0 aromatic heterocycles. The van der Waals surface area contributed by atoms with Gasteiger partial charge >= 0.3 is 0 Å². The Morgan fingerprint density at radius 3 is 1.39 bits per heavy atom. The highest BCUT2D eigenvalue weighted by atomic mass is 127. The van der Waals surface area contributed by atoms with E-state index in [-0.39, 0.29) is 41.5 Å². The van der Waals surface area contributed by atoms with Crippen LogP contribution in [0.15, 0.2) is 106 Å². The van der Waals surface area contributed by atoms with Gasteiger partial charge in [0.1, 0.15) is 0 Å². The summed E-state index contributed by atoms with van der Waals surface area (Å²) in [6, 6.07) is 32.2. The maximum atomic E-state index is 9.99. The van der Waals surface area contributed by atoms with Crippen LogP contribution in [0.5, 0.6) is 0 Å². The summed E-state index contributed by atoms with van der Waals surface area (Å²) in [7, 11) is -4.49. The minimum atomic E-state index is -4.47. The van der Waals surface area contributed by atoms with Crippen molar-refractivity contribution in [2.45, 2.75) is 60.1 Å². The van der Waals surface area contributed by atoms with Crippen molar-refractivity contribution in [1.29, 1.82) is 0 Å². The minimum absolute atomic E-state index is 0. The Morgan fingerprint density at radius 1 is 0.667 bits per heavy atom. The monoisotopic (exact) mass is 600 g/mol. The topological polar surface area (TPSA) is 66.4 Å². The Balaban J connectivity index is 0.000000346. The standard InChI is InChI=1S/C18H15S.C8H18O4S.HI/c1-4-10-16(11-5-1)19(17-12-6-2-7-13-17)18-14-8-3-9-15-18;1-2-3-4-5-6-7-8-12-13(9,10)11;/h1-15H;2-8H2,1H3,(H,9,10,11);1H/q+1;;/p-1. The Bertz CT molecular complexity index is 875. The van der Waals surface area contributed by atoms with Gasteiger partial charge in [0.15, 0.2) is 14.7 Å². The van der Waals surface area contributed by atoms with Gasteiger partial charge in [-0.2, -0.15) is 0 Å². The zero-order valence-corrected chi connectivity index (χ0v) is 22.9. The van der Waals surface area contributed by atoms with E-state index in [1.165, 1.54) is 33.9 Å². The largest absolute Gasteiger partial charge is 0.726 e. The van der Waals surface area contributed by atoms with E-state index in [1.807, 2.05) is 0 Å². The van der Waals surface area contributed by atoms with E-state index in [2.05, 4.69) is 102 Å². The molecular weight excluding hydrogens is 567 g/mol. The third-order valence-electron chi connectivity index (χ3n) is 4.66. The van der Waals surface area contributed by atoms with E-state index < -0.39 is 10.4 Å². The fraction of sp³-hybridized carbons (Fsp3) is 0.308. The average molecular weight is 601 g/mol. The highest BCUT2D eigenvalue weighted by Crippen LogP contribution is 2.30. The third-order valence-corrected chi connectivity index (χ3v) is 7.35. The number of hydrogen-bond acceptors (Lipinski definition) is 4. The van der Waals surface area contributed by atoms with Gasteiger partial charge in [-0.3, -0.25) is 4.18 Å². The summed E-state index contributed by atoms with van der Waals surface area (Å²) in [5.41, 5.74) is 0. The predicted octanol–water partition coefficient (Wildman–Crippen LogP) is 7.22. The second-order valence-corrected chi connectivity index (χ2v) is 10.3. The zero-order valence-electron chi connectivity index (χ0n) is 19.0. The van der Waals surface area contributed by atoms with E-state index in [0.717, 1.165) is 12.8 Å². The van der Waals surface area contributed by atoms with Crippen molar-refractivity contribution in [2.75, 3.05) is 6.61 Å². The van der Waals surface area contributed by atoms with E-state index in [9.17, 15) is 13.0 Å². The summed E-state index contributed by atoms with van der Waals surface area (Å²) >= 11 is 0. The van der Waals surface area contributed by atoms with Gasteiger partial charge in [-0.1, -0.05) is 93.6 Å². The van der Waals surface area contributed by atoms with Gasteiger partial charge in [0.05, 0.1) is 17.5 Å². The minimum Gasteiger partial charge on any atom is -0.726 e. The van der Waals surface area contributed by atoms with Crippen LogP contribution >= 0.6 is 24.0 Å². The second kappa shape index (κ2) is 17.1. The number of rotatable bonds is 11. The van der Waals surface area contributed by atoms with Gasteiger partial charge in [-0.05, 0) is 42.8 Å². The summed E-state index contributed by atoms with van der Waals surface area (Å²) in [5, 5.41) is 0. The Morgan fingerprint density at radius 2 is 1.03 bits per heavy atom. The van der Waals surface area contributed by atoms with Crippen molar-refractivity contribution in [3.05, 3.63) is 91.0 Å². The molecule has 0 aliphatic rings. The lowest BCUT2D eigenvalue weighted by molar-refractivity contribution is 0.255. The lowest BCUT2D eigenvalue weighted by atomic mass is 10.1. The zero-order chi connectivity index (χ0) is 23.1. The lowest BCUT2D eigenvalue weighted by Gasteiger charge is -2.07. The molecule has 0 amide bonds. The van der Waals surface area contributed by atoms with Crippen molar-refractivity contribution < 1.29 is 17.2 Å². The van der Waals surface area contributed by atoms with Gasteiger partial charge in [0.25, 0.3) is 0 Å². The maximum Gasteiger partial charge on any atom is 0.217 e. The van der Waals surface area contributed by atoms with Crippen molar-refractivity contribution >= 4 is 45.3 Å². The van der Waals surface area contributed by atoms with Crippen LogP contribution < -0.4 is 0 Å². The Labute approximate surface area is 219 Å². The first kappa shape index (κ1) is 29.6. The first-order valence-electron chi connectivity index (χ1n) is 11.0. The maximum absolute atomic E-state index is 9.99. The average Bonchev–Trinajstić information content (AvgIpc) is 2.81. The molecule has 0 saturated carbocycles. The molecule has 33 heavy (non-hydrogen) atoms. The molecule has 0 aliphatic carbocycles. The van der Waals surface area contributed by atoms with Gasteiger partial charge < -0.3 is 4.55 Å². The summed E-state index contributed by atoms with van der Waals surface area (Å²) in [6.45, 7) is 2.16. The molecule has 0 aliphatic heterocycles. The predicted molar refractivity (Wildman–Crippen MR) is 146 cm³/mol. The van der Waals surface area contributed by atoms with Crippen molar-refractivity contribution in [3.8, 4) is 0 Å².